The van der Waals surface area contributed by atoms with Crippen molar-refractivity contribution in [1.82, 2.24) is 4.90 Å². The third kappa shape index (κ3) is 2.76. The lowest BCUT2D eigenvalue weighted by molar-refractivity contribution is -0.141. The summed E-state index contributed by atoms with van der Waals surface area (Å²) in [6, 6.07) is 0. The number of rotatable bonds is 5. The van der Waals surface area contributed by atoms with E-state index in [-0.39, 0.29) is 5.41 Å². The fourth-order valence-electron chi connectivity index (χ4n) is 2.69. The van der Waals surface area contributed by atoms with Crippen molar-refractivity contribution >= 4 is 5.91 Å². The Labute approximate surface area is 99.4 Å². The summed E-state index contributed by atoms with van der Waals surface area (Å²) in [5.74, 6) is 0.823. The lowest BCUT2D eigenvalue weighted by Crippen LogP contribution is -2.47. The zero-order chi connectivity index (χ0) is 12.2. The summed E-state index contributed by atoms with van der Waals surface area (Å²) in [5.41, 5.74) is 5.61. The maximum Gasteiger partial charge on any atom is 0.230 e. The van der Waals surface area contributed by atoms with Gasteiger partial charge < -0.3 is 10.6 Å². The molecule has 0 aromatic carbocycles. The monoisotopic (exact) mass is 226 g/mol. The van der Waals surface area contributed by atoms with E-state index in [0.717, 1.165) is 38.8 Å². The Morgan fingerprint density at radius 1 is 1.38 bits per heavy atom. The zero-order valence-electron chi connectivity index (χ0n) is 11.0. The molecule has 94 valence electrons. The summed E-state index contributed by atoms with van der Waals surface area (Å²) >= 11 is 0. The predicted octanol–water partition coefficient (Wildman–Crippen LogP) is 2.01. The van der Waals surface area contributed by atoms with Crippen LogP contribution in [-0.2, 0) is 4.79 Å². The van der Waals surface area contributed by atoms with Crippen molar-refractivity contribution in [3.05, 3.63) is 0 Å². The third-order valence-corrected chi connectivity index (χ3v) is 3.66. The van der Waals surface area contributed by atoms with Crippen LogP contribution < -0.4 is 5.73 Å². The van der Waals surface area contributed by atoms with Crippen molar-refractivity contribution in [2.45, 2.75) is 46.5 Å². The molecule has 1 fully saturated rings. The van der Waals surface area contributed by atoms with Crippen molar-refractivity contribution in [2.75, 3.05) is 19.6 Å². The molecule has 1 rings (SSSR count). The van der Waals surface area contributed by atoms with Crippen LogP contribution in [0, 0.1) is 11.3 Å². The van der Waals surface area contributed by atoms with Crippen molar-refractivity contribution in [1.29, 1.82) is 0 Å². The standard InChI is InChI=1S/C13H26N2O/c1-4-15(9-11(2)3)12(16)13(10-14)7-5-6-8-13/h11H,4-10,14H2,1-3H3. The Balaban J connectivity index is 2.72. The highest BCUT2D eigenvalue weighted by Crippen LogP contribution is 2.38. The van der Waals surface area contributed by atoms with Gasteiger partial charge in [0.1, 0.15) is 0 Å². The molecule has 0 heterocycles. The number of nitrogens with zero attached hydrogens (tertiary/aromatic N) is 1. The molecule has 0 aromatic rings. The van der Waals surface area contributed by atoms with E-state index in [1.807, 2.05) is 4.90 Å². The summed E-state index contributed by atoms with van der Waals surface area (Å²) in [7, 11) is 0. The summed E-state index contributed by atoms with van der Waals surface area (Å²) < 4.78 is 0. The van der Waals surface area contributed by atoms with E-state index in [0.29, 0.717) is 18.4 Å². The molecule has 0 atom stereocenters. The van der Waals surface area contributed by atoms with E-state index >= 15 is 0 Å². The maximum absolute atomic E-state index is 12.5. The Hall–Kier alpha value is -0.570. The van der Waals surface area contributed by atoms with E-state index in [9.17, 15) is 4.79 Å². The fraction of sp³-hybridized carbons (Fsp3) is 0.923. The molecule has 1 saturated carbocycles. The van der Waals surface area contributed by atoms with Crippen LogP contribution in [-0.4, -0.2) is 30.4 Å². The Kier molecular flexibility index (Phi) is 4.78. The van der Waals surface area contributed by atoms with E-state index < -0.39 is 0 Å². The van der Waals surface area contributed by atoms with Crippen LogP contribution in [0.2, 0.25) is 0 Å². The SMILES string of the molecule is CCN(CC(C)C)C(=O)C1(CN)CCCC1. The van der Waals surface area contributed by atoms with Gasteiger partial charge in [0.15, 0.2) is 0 Å². The van der Waals surface area contributed by atoms with Gasteiger partial charge in [-0.05, 0) is 25.7 Å². The molecule has 0 aromatic heterocycles. The second-order valence-electron chi connectivity index (χ2n) is 5.43. The first-order valence-electron chi connectivity index (χ1n) is 6.55. The van der Waals surface area contributed by atoms with Crippen LogP contribution in [0.25, 0.3) is 0 Å². The molecule has 0 spiro atoms. The maximum atomic E-state index is 12.5. The third-order valence-electron chi connectivity index (χ3n) is 3.66. The van der Waals surface area contributed by atoms with Crippen LogP contribution in [0.5, 0.6) is 0 Å². The molecule has 0 radical (unpaired) electrons. The van der Waals surface area contributed by atoms with Crippen LogP contribution in [0.1, 0.15) is 46.5 Å². The van der Waals surface area contributed by atoms with E-state index in [2.05, 4.69) is 20.8 Å². The molecule has 1 aliphatic rings. The Bertz CT molecular complexity index is 232. The molecule has 1 amide bonds. The van der Waals surface area contributed by atoms with Crippen LogP contribution in [0.15, 0.2) is 0 Å². The summed E-state index contributed by atoms with van der Waals surface area (Å²) in [5, 5.41) is 0. The lowest BCUT2D eigenvalue weighted by atomic mass is 9.84. The number of nitrogens with two attached hydrogens (primary N) is 1. The average molecular weight is 226 g/mol. The van der Waals surface area contributed by atoms with E-state index in [1.54, 1.807) is 0 Å². The molecule has 0 unspecified atom stereocenters. The van der Waals surface area contributed by atoms with E-state index in [4.69, 9.17) is 5.73 Å². The first-order chi connectivity index (χ1) is 7.55. The molecule has 3 nitrogen and oxygen atoms in total. The van der Waals surface area contributed by atoms with Crippen LogP contribution >= 0.6 is 0 Å². The normalized spacial score (nSPS) is 19.1. The zero-order valence-corrected chi connectivity index (χ0v) is 11.0. The van der Waals surface area contributed by atoms with Gasteiger partial charge in [-0.25, -0.2) is 0 Å². The molecule has 3 heteroatoms. The molecule has 0 aliphatic heterocycles. The minimum atomic E-state index is -0.231. The average Bonchev–Trinajstić information content (AvgIpc) is 2.74. The molecule has 0 bridgehead atoms. The van der Waals surface area contributed by atoms with Gasteiger partial charge in [0, 0.05) is 19.6 Å². The Morgan fingerprint density at radius 3 is 2.31 bits per heavy atom. The largest absolute Gasteiger partial charge is 0.342 e. The van der Waals surface area contributed by atoms with Gasteiger partial charge >= 0.3 is 0 Å². The minimum absolute atomic E-state index is 0.231. The number of hydrogen-bond acceptors (Lipinski definition) is 2. The fourth-order valence-corrected chi connectivity index (χ4v) is 2.69. The first-order valence-corrected chi connectivity index (χ1v) is 6.55. The highest BCUT2D eigenvalue weighted by molar-refractivity contribution is 5.83. The predicted molar refractivity (Wildman–Crippen MR) is 67.0 cm³/mol. The van der Waals surface area contributed by atoms with Gasteiger partial charge in [-0.3, -0.25) is 4.79 Å². The number of carbonyl (C=O) groups excluding carboxylic acids is 1. The van der Waals surface area contributed by atoms with Crippen molar-refractivity contribution in [3.8, 4) is 0 Å². The molecular weight excluding hydrogens is 200 g/mol. The van der Waals surface area contributed by atoms with Gasteiger partial charge in [0.05, 0.1) is 5.41 Å². The second kappa shape index (κ2) is 5.67. The quantitative estimate of drug-likeness (QED) is 0.779. The minimum Gasteiger partial charge on any atom is -0.342 e. The van der Waals surface area contributed by atoms with Crippen molar-refractivity contribution < 1.29 is 4.79 Å². The Morgan fingerprint density at radius 2 is 1.94 bits per heavy atom. The van der Waals surface area contributed by atoms with Crippen molar-refractivity contribution in [3.63, 3.8) is 0 Å². The van der Waals surface area contributed by atoms with Gasteiger partial charge in [-0.15, -0.1) is 0 Å². The van der Waals surface area contributed by atoms with Crippen LogP contribution in [0.3, 0.4) is 0 Å². The molecule has 2 N–H and O–H groups in total. The van der Waals surface area contributed by atoms with E-state index in [1.165, 1.54) is 0 Å². The summed E-state index contributed by atoms with van der Waals surface area (Å²) in [4.78, 5) is 14.5. The van der Waals surface area contributed by atoms with Gasteiger partial charge in [0.25, 0.3) is 0 Å². The first kappa shape index (κ1) is 13.5. The van der Waals surface area contributed by atoms with Gasteiger partial charge in [-0.2, -0.15) is 0 Å². The van der Waals surface area contributed by atoms with Crippen molar-refractivity contribution in [2.24, 2.45) is 17.1 Å². The second-order valence-corrected chi connectivity index (χ2v) is 5.43. The number of hydrogen-bond donors (Lipinski definition) is 1. The van der Waals surface area contributed by atoms with Crippen LogP contribution in [0.4, 0.5) is 0 Å². The highest BCUT2D eigenvalue weighted by atomic mass is 16.2. The molecule has 0 saturated heterocycles. The molecule has 16 heavy (non-hydrogen) atoms. The molecule has 1 aliphatic carbocycles. The lowest BCUT2D eigenvalue weighted by Gasteiger charge is -2.33. The number of amides is 1. The summed E-state index contributed by atoms with van der Waals surface area (Å²) in [6.07, 6.45) is 4.28. The molecular formula is C13H26N2O. The summed E-state index contributed by atoms with van der Waals surface area (Å²) in [6.45, 7) is 8.54. The van der Waals surface area contributed by atoms with Gasteiger partial charge in [0.2, 0.25) is 5.91 Å². The highest BCUT2D eigenvalue weighted by Gasteiger charge is 2.41. The topological polar surface area (TPSA) is 46.3 Å². The smallest absolute Gasteiger partial charge is 0.230 e. The van der Waals surface area contributed by atoms with Gasteiger partial charge in [-0.1, -0.05) is 26.7 Å². The number of carbonyl (C=O) groups is 1.